The summed E-state index contributed by atoms with van der Waals surface area (Å²) in [5, 5.41) is 5.38. The number of amides is 1. The van der Waals surface area contributed by atoms with Gasteiger partial charge in [-0.15, -0.1) is 23.2 Å². The number of pyridine rings is 1. The summed E-state index contributed by atoms with van der Waals surface area (Å²) < 4.78 is 5.70. The molecule has 0 saturated heterocycles. The van der Waals surface area contributed by atoms with Crippen LogP contribution in [-0.2, 0) is 4.79 Å². The molecule has 3 aromatic rings. The molecule has 0 aliphatic rings. The highest BCUT2D eigenvalue weighted by atomic mass is 35.5. The van der Waals surface area contributed by atoms with Gasteiger partial charge in [-0.05, 0) is 42.8 Å². The average molecular weight is 494 g/mol. The summed E-state index contributed by atoms with van der Waals surface area (Å²) in [6.07, 6.45) is 1.57. The van der Waals surface area contributed by atoms with E-state index in [1.807, 2.05) is 37.3 Å². The number of aromatic nitrogens is 1. The van der Waals surface area contributed by atoms with Gasteiger partial charge >= 0.3 is 0 Å². The number of hydrogen-bond donors (Lipinski definition) is 1. The Morgan fingerprint density at radius 1 is 1.12 bits per heavy atom. The summed E-state index contributed by atoms with van der Waals surface area (Å²) in [4.78, 5) is 18.7. The Kier molecular flexibility index (Phi) is 8.97. The molecular formula is C23H23Cl3N4O2. The maximum Gasteiger partial charge on any atom is 0.277 e. The number of anilines is 1. The molecule has 2 aromatic carbocycles. The van der Waals surface area contributed by atoms with Gasteiger partial charge in [-0.3, -0.25) is 9.78 Å². The summed E-state index contributed by atoms with van der Waals surface area (Å²) in [7, 11) is 0. The summed E-state index contributed by atoms with van der Waals surface area (Å²) in [5.74, 6) is 1.25. The number of nitrogens with one attached hydrogen (secondary N) is 1. The molecule has 0 bridgehead atoms. The van der Waals surface area contributed by atoms with Crippen molar-refractivity contribution in [3.05, 3.63) is 64.8 Å². The first kappa shape index (κ1) is 24.1. The van der Waals surface area contributed by atoms with Crippen LogP contribution in [0.1, 0.15) is 11.3 Å². The van der Waals surface area contributed by atoms with Crippen LogP contribution < -0.4 is 15.1 Å². The summed E-state index contributed by atoms with van der Waals surface area (Å²) in [6, 6.07) is 14.9. The van der Waals surface area contributed by atoms with Crippen LogP contribution in [0.5, 0.6) is 5.75 Å². The van der Waals surface area contributed by atoms with Gasteiger partial charge in [-0.25, -0.2) is 5.43 Å². The monoisotopic (exact) mass is 492 g/mol. The number of rotatable bonds is 10. The smallest absolute Gasteiger partial charge is 0.277 e. The zero-order valence-corrected chi connectivity index (χ0v) is 19.8. The molecule has 0 atom stereocenters. The van der Waals surface area contributed by atoms with Crippen LogP contribution in [0.15, 0.2) is 53.6 Å². The summed E-state index contributed by atoms with van der Waals surface area (Å²) in [5.41, 5.74) is 5.83. The molecule has 1 amide bonds. The second-order valence-corrected chi connectivity index (χ2v) is 8.15. The largest absolute Gasteiger partial charge is 0.483 e. The van der Waals surface area contributed by atoms with E-state index < -0.39 is 0 Å². The number of alkyl halides is 2. The lowest BCUT2D eigenvalue weighted by atomic mass is 10.2. The first-order valence-electron chi connectivity index (χ1n) is 9.98. The van der Waals surface area contributed by atoms with Gasteiger partial charge in [0.2, 0.25) is 0 Å². The Labute approximate surface area is 202 Å². The van der Waals surface area contributed by atoms with E-state index in [0.29, 0.717) is 28.0 Å². The number of hydrazone groups is 1. The van der Waals surface area contributed by atoms with Gasteiger partial charge < -0.3 is 9.64 Å². The minimum Gasteiger partial charge on any atom is -0.483 e. The maximum atomic E-state index is 12.2. The van der Waals surface area contributed by atoms with Gasteiger partial charge in [0.15, 0.2) is 6.61 Å². The second kappa shape index (κ2) is 11.9. The summed E-state index contributed by atoms with van der Waals surface area (Å²) >= 11 is 17.7. The van der Waals surface area contributed by atoms with E-state index >= 15 is 0 Å². The Morgan fingerprint density at radius 2 is 1.84 bits per heavy atom. The van der Waals surface area contributed by atoms with Gasteiger partial charge in [-0.2, -0.15) is 5.10 Å². The zero-order chi connectivity index (χ0) is 22.9. The number of halogens is 3. The number of carbonyl (C=O) groups excluding carboxylic acids is 1. The number of carbonyl (C=O) groups is 1. The predicted molar refractivity (Wildman–Crippen MR) is 133 cm³/mol. The molecule has 9 heteroatoms. The van der Waals surface area contributed by atoms with Gasteiger partial charge in [0.25, 0.3) is 5.91 Å². The quantitative estimate of drug-likeness (QED) is 0.245. The minimum absolute atomic E-state index is 0.177. The van der Waals surface area contributed by atoms with E-state index in [2.05, 4.69) is 20.4 Å². The molecule has 1 aromatic heterocycles. The van der Waals surface area contributed by atoms with E-state index in [1.165, 1.54) is 0 Å². The molecular weight excluding hydrogens is 471 g/mol. The van der Waals surface area contributed by atoms with Gasteiger partial charge in [-0.1, -0.05) is 23.7 Å². The lowest BCUT2D eigenvalue weighted by Gasteiger charge is -2.22. The third kappa shape index (κ3) is 6.73. The number of benzene rings is 2. The van der Waals surface area contributed by atoms with E-state index in [4.69, 9.17) is 39.5 Å². The number of fused-ring (bicyclic) bond motifs is 1. The van der Waals surface area contributed by atoms with Crippen LogP contribution in [0.2, 0.25) is 5.02 Å². The Balaban J connectivity index is 1.56. The average Bonchev–Trinajstić information content (AvgIpc) is 2.77. The normalized spacial score (nSPS) is 11.1. The van der Waals surface area contributed by atoms with Gasteiger partial charge in [0.05, 0.1) is 11.7 Å². The van der Waals surface area contributed by atoms with Crippen LogP contribution in [0, 0.1) is 6.92 Å². The fourth-order valence-electron chi connectivity index (χ4n) is 3.11. The molecule has 0 fully saturated rings. The molecule has 0 unspecified atom stereocenters. The minimum atomic E-state index is -0.371. The van der Waals surface area contributed by atoms with Crippen molar-refractivity contribution in [2.24, 2.45) is 5.10 Å². The topological polar surface area (TPSA) is 66.8 Å². The van der Waals surface area contributed by atoms with Crippen molar-refractivity contribution >= 4 is 63.5 Å². The van der Waals surface area contributed by atoms with E-state index in [-0.39, 0.29) is 12.5 Å². The maximum absolute atomic E-state index is 12.2. The summed E-state index contributed by atoms with van der Waals surface area (Å²) in [6.45, 7) is 3.12. The molecule has 0 aliphatic carbocycles. The fraction of sp³-hybridized carbons (Fsp3) is 0.261. The highest BCUT2D eigenvalue weighted by Crippen LogP contribution is 2.27. The molecule has 0 spiro atoms. The van der Waals surface area contributed by atoms with Crippen molar-refractivity contribution < 1.29 is 9.53 Å². The third-order valence-electron chi connectivity index (χ3n) is 4.59. The predicted octanol–water partition coefficient (Wildman–Crippen LogP) is 5.01. The Morgan fingerprint density at radius 3 is 2.53 bits per heavy atom. The number of hydrogen-bond acceptors (Lipinski definition) is 5. The Hall–Kier alpha value is -2.54. The van der Waals surface area contributed by atoms with Crippen molar-refractivity contribution in [1.29, 1.82) is 0 Å². The molecule has 1 heterocycles. The molecule has 1 N–H and O–H groups in total. The van der Waals surface area contributed by atoms with Crippen LogP contribution >= 0.6 is 34.8 Å². The van der Waals surface area contributed by atoms with Crippen molar-refractivity contribution in [2.75, 3.05) is 36.4 Å². The third-order valence-corrected chi connectivity index (χ3v) is 5.16. The van der Waals surface area contributed by atoms with Crippen molar-refractivity contribution in [3.63, 3.8) is 0 Å². The lowest BCUT2D eigenvalue weighted by molar-refractivity contribution is -0.123. The van der Waals surface area contributed by atoms with Crippen LogP contribution in [0.4, 0.5) is 5.69 Å². The highest BCUT2D eigenvalue weighted by molar-refractivity contribution is 6.31. The van der Waals surface area contributed by atoms with Gasteiger partial charge in [0.1, 0.15) is 5.75 Å². The highest BCUT2D eigenvalue weighted by Gasteiger charge is 2.09. The van der Waals surface area contributed by atoms with E-state index in [9.17, 15) is 4.79 Å². The molecule has 32 heavy (non-hydrogen) atoms. The molecule has 6 nitrogen and oxygen atoms in total. The molecule has 0 radical (unpaired) electrons. The SMILES string of the molecule is Cc1cc(OCC(=O)N/N=C/c2ccc(N(CCCl)CCCl)cc2)c2ccc(Cl)cc2n1. The number of nitrogens with zero attached hydrogens (tertiary/aromatic N) is 3. The first-order valence-corrected chi connectivity index (χ1v) is 11.4. The van der Waals surface area contributed by atoms with E-state index in [0.717, 1.165) is 35.4 Å². The fourth-order valence-corrected chi connectivity index (χ4v) is 3.69. The molecule has 0 aliphatic heterocycles. The number of ether oxygens (including phenoxy) is 1. The number of aryl methyl sites for hydroxylation is 1. The zero-order valence-electron chi connectivity index (χ0n) is 17.5. The van der Waals surface area contributed by atoms with Crippen LogP contribution in [0.3, 0.4) is 0 Å². The first-order chi connectivity index (χ1) is 15.5. The molecule has 168 valence electrons. The van der Waals surface area contributed by atoms with Crippen LogP contribution in [-0.4, -0.2) is 48.6 Å². The van der Waals surface area contributed by atoms with E-state index in [1.54, 1.807) is 24.4 Å². The lowest BCUT2D eigenvalue weighted by Crippen LogP contribution is -2.27. The van der Waals surface area contributed by atoms with Crippen LogP contribution in [0.25, 0.3) is 10.9 Å². The van der Waals surface area contributed by atoms with Crippen molar-refractivity contribution in [1.82, 2.24) is 10.4 Å². The van der Waals surface area contributed by atoms with Gasteiger partial charge in [0, 0.05) is 52.7 Å². The second-order valence-electron chi connectivity index (χ2n) is 6.96. The molecule has 3 rings (SSSR count). The van der Waals surface area contributed by atoms with Crippen molar-refractivity contribution in [3.8, 4) is 5.75 Å². The molecule has 0 saturated carbocycles. The Bertz CT molecular complexity index is 1080. The van der Waals surface area contributed by atoms with Crippen molar-refractivity contribution in [2.45, 2.75) is 6.92 Å². The standard InChI is InChI=1S/C23H23Cl3N4O2/c1-16-12-22(20-7-4-18(26)13-21(20)28-16)32-15-23(31)29-27-14-17-2-5-19(6-3-17)30(10-8-24)11-9-25/h2-7,12-14H,8-11,15H2,1H3,(H,29,31)/b27-14+.